The van der Waals surface area contributed by atoms with Crippen molar-refractivity contribution in [1.29, 1.82) is 0 Å². The standard InChI is InChI=1S/C7H6F2O2S/c1-4-6(12(10)11)3-2-5(8)7(4)9/h2-3H,1H3,(H,10,11). The van der Waals surface area contributed by atoms with E-state index >= 15 is 0 Å². The molecule has 0 amide bonds. The molecule has 0 spiro atoms. The lowest BCUT2D eigenvalue weighted by Crippen LogP contribution is -1.97. The Morgan fingerprint density at radius 3 is 2.50 bits per heavy atom. The van der Waals surface area contributed by atoms with Gasteiger partial charge in [0.05, 0.1) is 4.90 Å². The molecule has 0 aromatic heterocycles. The molecule has 0 radical (unpaired) electrons. The van der Waals surface area contributed by atoms with Crippen LogP contribution in [0.5, 0.6) is 0 Å². The molecule has 0 saturated carbocycles. The third kappa shape index (κ3) is 1.51. The number of benzene rings is 1. The lowest BCUT2D eigenvalue weighted by atomic mass is 10.2. The van der Waals surface area contributed by atoms with Gasteiger partial charge in [0.25, 0.3) is 0 Å². The smallest absolute Gasteiger partial charge is 0.186 e. The van der Waals surface area contributed by atoms with Crippen LogP contribution in [0.2, 0.25) is 0 Å². The predicted octanol–water partition coefficient (Wildman–Crippen LogP) is 1.85. The Morgan fingerprint density at radius 1 is 1.42 bits per heavy atom. The fourth-order valence-electron chi connectivity index (χ4n) is 0.823. The second-order valence-electron chi connectivity index (χ2n) is 2.23. The van der Waals surface area contributed by atoms with Gasteiger partial charge in [-0.2, -0.15) is 0 Å². The summed E-state index contributed by atoms with van der Waals surface area (Å²) in [5.41, 5.74) is -0.129. The van der Waals surface area contributed by atoms with Crippen molar-refractivity contribution in [2.45, 2.75) is 11.8 Å². The summed E-state index contributed by atoms with van der Waals surface area (Å²) in [5.74, 6) is -2.09. The summed E-state index contributed by atoms with van der Waals surface area (Å²) in [4.78, 5) is -0.103. The molecule has 0 saturated heterocycles. The molecule has 12 heavy (non-hydrogen) atoms. The topological polar surface area (TPSA) is 37.3 Å². The van der Waals surface area contributed by atoms with Gasteiger partial charge in [-0.1, -0.05) is 0 Å². The monoisotopic (exact) mass is 192 g/mol. The van der Waals surface area contributed by atoms with E-state index in [4.69, 9.17) is 4.55 Å². The first-order valence-electron chi connectivity index (χ1n) is 3.09. The van der Waals surface area contributed by atoms with Crippen LogP contribution in [0.15, 0.2) is 17.0 Å². The summed E-state index contributed by atoms with van der Waals surface area (Å²) >= 11 is -2.27. The fourth-order valence-corrected chi connectivity index (χ4v) is 1.36. The second-order valence-corrected chi connectivity index (χ2v) is 3.17. The van der Waals surface area contributed by atoms with Gasteiger partial charge >= 0.3 is 0 Å². The minimum Gasteiger partial charge on any atom is -0.302 e. The second kappa shape index (κ2) is 3.28. The normalized spacial score (nSPS) is 13.0. The van der Waals surface area contributed by atoms with Gasteiger partial charge in [0, 0.05) is 5.56 Å². The molecule has 2 nitrogen and oxygen atoms in total. The molecule has 0 bridgehead atoms. The molecule has 0 heterocycles. The van der Waals surface area contributed by atoms with E-state index < -0.39 is 22.7 Å². The molecular formula is C7H6F2O2S. The van der Waals surface area contributed by atoms with Crippen molar-refractivity contribution in [1.82, 2.24) is 0 Å². The highest BCUT2D eigenvalue weighted by atomic mass is 32.2. The highest BCUT2D eigenvalue weighted by molar-refractivity contribution is 7.79. The predicted molar refractivity (Wildman–Crippen MR) is 40.1 cm³/mol. The first kappa shape index (κ1) is 9.28. The molecular weight excluding hydrogens is 186 g/mol. The van der Waals surface area contributed by atoms with Crippen molar-refractivity contribution in [2.24, 2.45) is 0 Å². The summed E-state index contributed by atoms with van der Waals surface area (Å²) in [6.45, 7) is 1.25. The van der Waals surface area contributed by atoms with Gasteiger partial charge < -0.3 is 4.55 Å². The van der Waals surface area contributed by atoms with Crippen LogP contribution in [-0.2, 0) is 11.1 Å². The number of hydrogen-bond donors (Lipinski definition) is 1. The molecule has 1 atom stereocenters. The van der Waals surface area contributed by atoms with Gasteiger partial charge in [-0.15, -0.1) is 0 Å². The Kier molecular flexibility index (Phi) is 2.54. The number of rotatable bonds is 1. The van der Waals surface area contributed by atoms with Gasteiger partial charge in [-0.05, 0) is 19.1 Å². The van der Waals surface area contributed by atoms with Crippen molar-refractivity contribution in [3.63, 3.8) is 0 Å². The van der Waals surface area contributed by atoms with Gasteiger partial charge in [0.2, 0.25) is 0 Å². The van der Waals surface area contributed by atoms with E-state index in [1.807, 2.05) is 0 Å². The Labute approximate surface area is 70.5 Å². The van der Waals surface area contributed by atoms with Crippen LogP contribution in [0.1, 0.15) is 5.56 Å². The van der Waals surface area contributed by atoms with Gasteiger partial charge in [-0.3, -0.25) is 0 Å². The van der Waals surface area contributed by atoms with Crippen molar-refractivity contribution < 1.29 is 17.5 Å². The molecule has 5 heteroatoms. The van der Waals surface area contributed by atoms with Crippen LogP contribution >= 0.6 is 0 Å². The molecule has 1 aromatic rings. The zero-order chi connectivity index (χ0) is 9.30. The Bertz CT molecular complexity index is 338. The van der Waals surface area contributed by atoms with Crippen LogP contribution in [0.4, 0.5) is 8.78 Å². The summed E-state index contributed by atoms with van der Waals surface area (Å²) in [5, 5.41) is 0. The molecule has 1 unspecified atom stereocenters. The van der Waals surface area contributed by atoms with E-state index in [-0.39, 0.29) is 10.5 Å². The molecule has 66 valence electrons. The zero-order valence-corrected chi connectivity index (χ0v) is 6.99. The number of halogens is 2. The van der Waals surface area contributed by atoms with E-state index in [0.717, 1.165) is 12.1 Å². The minimum absolute atomic E-state index is 0.103. The van der Waals surface area contributed by atoms with Gasteiger partial charge in [0.1, 0.15) is 0 Å². The van der Waals surface area contributed by atoms with Crippen molar-refractivity contribution in [2.75, 3.05) is 0 Å². The van der Waals surface area contributed by atoms with Crippen LogP contribution in [-0.4, -0.2) is 8.76 Å². The molecule has 0 aliphatic heterocycles. The van der Waals surface area contributed by atoms with Crippen molar-refractivity contribution in [3.05, 3.63) is 29.3 Å². The molecule has 1 aromatic carbocycles. The van der Waals surface area contributed by atoms with Crippen molar-refractivity contribution in [3.8, 4) is 0 Å². The highest BCUT2D eigenvalue weighted by Gasteiger charge is 2.12. The van der Waals surface area contributed by atoms with E-state index in [9.17, 15) is 13.0 Å². The largest absolute Gasteiger partial charge is 0.302 e. The first-order chi connectivity index (χ1) is 5.54. The highest BCUT2D eigenvalue weighted by Crippen LogP contribution is 2.17. The summed E-state index contributed by atoms with van der Waals surface area (Å²) in [6.07, 6.45) is 0. The van der Waals surface area contributed by atoms with Crippen LogP contribution < -0.4 is 0 Å². The third-order valence-corrected chi connectivity index (χ3v) is 2.30. The first-order valence-corrected chi connectivity index (χ1v) is 4.20. The maximum atomic E-state index is 12.7. The van der Waals surface area contributed by atoms with Gasteiger partial charge in [0.15, 0.2) is 22.7 Å². The Morgan fingerprint density at radius 2 is 2.00 bits per heavy atom. The molecule has 0 fully saturated rings. The van der Waals surface area contributed by atoms with E-state index in [1.165, 1.54) is 6.92 Å². The average Bonchev–Trinajstić information content (AvgIpc) is 2.00. The lowest BCUT2D eigenvalue weighted by molar-refractivity contribution is 0.497. The fraction of sp³-hybridized carbons (Fsp3) is 0.143. The molecule has 0 aliphatic rings. The maximum Gasteiger partial charge on any atom is 0.186 e. The van der Waals surface area contributed by atoms with Crippen LogP contribution in [0.25, 0.3) is 0 Å². The van der Waals surface area contributed by atoms with E-state index in [1.54, 1.807) is 0 Å². The summed E-state index contributed by atoms with van der Waals surface area (Å²) in [6, 6.07) is 1.91. The lowest BCUT2D eigenvalue weighted by Gasteiger charge is -2.01. The summed E-state index contributed by atoms with van der Waals surface area (Å²) < 4.78 is 44.3. The quantitative estimate of drug-likeness (QED) is 0.689. The molecule has 1 rings (SSSR count). The zero-order valence-electron chi connectivity index (χ0n) is 6.17. The Balaban J connectivity index is 3.36. The average molecular weight is 192 g/mol. The molecule has 1 N–H and O–H groups in total. The van der Waals surface area contributed by atoms with E-state index in [0.29, 0.717) is 0 Å². The minimum atomic E-state index is -2.27. The van der Waals surface area contributed by atoms with Crippen molar-refractivity contribution >= 4 is 11.1 Å². The Hall–Kier alpha value is -0.810. The van der Waals surface area contributed by atoms with E-state index in [2.05, 4.69) is 0 Å². The number of hydrogen-bond acceptors (Lipinski definition) is 1. The van der Waals surface area contributed by atoms with Crippen LogP contribution in [0.3, 0.4) is 0 Å². The maximum absolute atomic E-state index is 12.7. The SMILES string of the molecule is Cc1c(S(=O)O)ccc(F)c1F. The van der Waals surface area contributed by atoms with Crippen LogP contribution in [0, 0.1) is 18.6 Å². The summed E-state index contributed by atoms with van der Waals surface area (Å²) in [7, 11) is 0. The third-order valence-electron chi connectivity index (χ3n) is 1.48. The molecule has 0 aliphatic carbocycles. The van der Waals surface area contributed by atoms with Gasteiger partial charge in [-0.25, -0.2) is 13.0 Å².